The summed E-state index contributed by atoms with van der Waals surface area (Å²) in [6.07, 6.45) is 11.3. The van der Waals surface area contributed by atoms with E-state index in [-0.39, 0.29) is 11.5 Å². The van der Waals surface area contributed by atoms with Gasteiger partial charge in [0.05, 0.1) is 5.60 Å². The van der Waals surface area contributed by atoms with E-state index >= 15 is 0 Å². The highest BCUT2D eigenvalue weighted by Crippen LogP contribution is 2.42. The highest BCUT2D eigenvalue weighted by Gasteiger charge is 2.46. The van der Waals surface area contributed by atoms with Crippen LogP contribution in [0.4, 0.5) is 0 Å². The number of carbonyl (C=O) groups excluding carboxylic acids is 1. The Bertz CT molecular complexity index is 630. The monoisotopic (exact) mass is 375 g/mol. The van der Waals surface area contributed by atoms with Crippen molar-refractivity contribution in [3.63, 3.8) is 0 Å². The van der Waals surface area contributed by atoms with Crippen LogP contribution in [0.25, 0.3) is 0 Å². The fourth-order valence-corrected chi connectivity index (χ4v) is 5.18. The molecule has 1 saturated carbocycles. The third-order valence-electron chi connectivity index (χ3n) is 6.87. The van der Waals surface area contributed by atoms with Crippen molar-refractivity contribution in [2.45, 2.75) is 57.0 Å². The summed E-state index contributed by atoms with van der Waals surface area (Å²) in [6.45, 7) is 4.15. The van der Waals surface area contributed by atoms with Crippen LogP contribution in [-0.2, 0) is 16.5 Å². The molecule has 3 fully saturated rings. The molecule has 0 aromatic carbocycles. The molecule has 1 aliphatic carbocycles. The average molecular weight is 376 g/mol. The van der Waals surface area contributed by atoms with E-state index in [4.69, 9.17) is 9.47 Å². The molecule has 6 nitrogen and oxygen atoms in total. The van der Waals surface area contributed by atoms with Gasteiger partial charge < -0.3 is 14.4 Å². The minimum Gasteiger partial charge on any atom is -0.381 e. The molecule has 1 amide bonds. The number of rotatable bonds is 6. The molecule has 27 heavy (non-hydrogen) atoms. The van der Waals surface area contributed by atoms with Gasteiger partial charge in [0, 0.05) is 46.2 Å². The van der Waals surface area contributed by atoms with Gasteiger partial charge in [-0.25, -0.2) is 0 Å². The SMILES string of the molecule is Cn1ccc(C(=O)N2CCC3(CC2)OCC[C@@H]3CCOCC2CCCC2)n1. The molecular weight excluding hydrogens is 342 g/mol. The molecule has 1 atom stereocenters. The first-order valence-corrected chi connectivity index (χ1v) is 10.7. The number of carbonyl (C=O) groups is 1. The smallest absolute Gasteiger partial charge is 0.274 e. The minimum atomic E-state index is -0.0440. The van der Waals surface area contributed by atoms with E-state index in [2.05, 4.69) is 5.10 Å². The fraction of sp³-hybridized carbons (Fsp3) is 0.810. The summed E-state index contributed by atoms with van der Waals surface area (Å²) in [5.74, 6) is 1.40. The zero-order chi connectivity index (χ0) is 18.7. The molecular formula is C21H33N3O3. The third kappa shape index (κ3) is 4.21. The number of nitrogens with zero attached hydrogens (tertiary/aromatic N) is 3. The van der Waals surface area contributed by atoms with Gasteiger partial charge >= 0.3 is 0 Å². The molecule has 3 aliphatic rings. The lowest BCUT2D eigenvalue weighted by Gasteiger charge is -2.42. The maximum absolute atomic E-state index is 12.6. The van der Waals surface area contributed by atoms with Crippen LogP contribution in [0.5, 0.6) is 0 Å². The Morgan fingerprint density at radius 3 is 2.78 bits per heavy atom. The number of ether oxygens (including phenoxy) is 2. The van der Waals surface area contributed by atoms with Gasteiger partial charge in [-0.05, 0) is 56.4 Å². The van der Waals surface area contributed by atoms with Crippen LogP contribution in [0.2, 0.25) is 0 Å². The fourth-order valence-electron chi connectivity index (χ4n) is 5.18. The topological polar surface area (TPSA) is 56.6 Å². The van der Waals surface area contributed by atoms with E-state index in [1.54, 1.807) is 10.7 Å². The van der Waals surface area contributed by atoms with Crippen LogP contribution in [0.15, 0.2) is 12.3 Å². The molecule has 0 radical (unpaired) electrons. The Hall–Kier alpha value is -1.40. The van der Waals surface area contributed by atoms with Gasteiger partial charge in [0.15, 0.2) is 0 Å². The van der Waals surface area contributed by atoms with Gasteiger partial charge in [0.1, 0.15) is 5.69 Å². The second-order valence-electron chi connectivity index (χ2n) is 8.58. The summed E-state index contributed by atoms with van der Waals surface area (Å²) in [4.78, 5) is 14.6. The summed E-state index contributed by atoms with van der Waals surface area (Å²) in [5.41, 5.74) is 0.495. The van der Waals surface area contributed by atoms with Gasteiger partial charge in [-0.15, -0.1) is 0 Å². The number of amides is 1. The summed E-state index contributed by atoms with van der Waals surface area (Å²) in [7, 11) is 1.84. The van der Waals surface area contributed by atoms with E-state index in [9.17, 15) is 4.79 Å². The molecule has 0 unspecified atom stereocenters. The van der Waals surface area contributed by atoms with Gasteiger partial charge in [0.25, 0.3) is 5.91 Å². The molecule has 150 valence electrons. The number of hydrogen-bond donors (Lipinski definition) is 0. The lowest BCUT2D eigenvalue weighted by Crippen LogP contribution is -2.49. The van der Waals surface area contributed by atoms with E-state index < -0.39 is 0 Å². The molecule has 1 spiro atoms. The molecule has 0 bridgehead atoms. The van der Waals surface area contributed by atoms with E-state index in [1.807, 2.05) is 18.1 Å². The van der Waals surface area contributed by atoms with Gasteiger partial charge in [-0.2, -0.15) is 5.10 Å². The molecule has 2 saturated heterocycles. The quantitative estimate of drug-likeness (QED) is 0.717. The third-order valence-corrected chi connectivity index (χ3v) is 6.87. The lowest BCUT2D eigenvalue weighted by molar-refractivity contribution is -0.0677. The molecule has 1 aromatic heterocycles. The summed E-state index contributed by atoms with van der Waals surface area (Å²) in [5, 5.41) is 4.25. The Morgan fingerprint density at radius 1 is 1.30 bits per heavy atom. The summed E-state index contributed by atoms with van der Waals surface area (Å²) in [6, 6.07) is 1.79. The van der Waals surface area contributed by atoms with Crippen molar-refractivity contribution in [1.29, 1.82) is 0 Å². The molecule has 0 N–H and O–H groups in total. The van der Waals surface area contributed by atoms with Crippen molar-refractivity contribution in [3.05, 3.63) is 18.0 Å². The van der Waals surface area contributed by atoms with E-state index in [0.717, 1.165) is 64.5 Å². The van der Waals surface area contributed by atoms with Crippen LogP contribution < -0.4 is 0 Å². The van der Waals surface area contributed by atoms with Crippen molar-refractivity contribution in [2.24, 2.45) is 18.9 Å². The predicted molar refractivity (Wildman–Crippen MR) is 103 cm³/mol. The van der Waals surface area contributed by atoms with Crippen molar-refractivity contribution in [3.8, 4) is 0 Å². The maximum atomic E-state index is 12.6. The number of hydrogen-bond acceptors (Lipinski definition) is 4. The number of piperidine rings is 1. The molecule has 1 aromatic rings. The zero-order valence-corrected chi connectivity index (χ0v) is 16.6. The van der Waals surface area contributed by atoms with Crippen molar-refractivity contribution in [1.82, 2.24) is 14.7 Å². The summed E-state index contributed by atoms with van der Waals surface area (Å²) < 4.78 is 13.9. The minimum absolute atomic E-state index is 0.0416. The highest BCUT2D eigenvalue weighted by molar-refractivity contribution is 5.92. The average Bonchev–Trinajstić information content (AvgIpc) is 3.42. The van der Waals surface area contributed by atoms with Gasteiger partial charge in [-0.3, -0.25) is 9.48 Å². The standard InChI is InChI=1S/C21H33N3O3/c1-23-11-6-19(22-23)20(25)24-12-9-21(10-13-24)18(8-15-27-21)7-14-26-16-17-4-2-3-5-17/h6,11,17-18H,2-5,7-10,12-16H2,1H3/t18-/m0/s1. The second kappa shape index (κ2) is 8.31. The first kappa shape index (κ1) is 18.9. The van der Waals surface area contributed by atoms with Crippen molar-refractivity contribution >= 4 is 5.91 Å². The van der Waals surface area contributed by atoms with Gasteiger partial charge in [0.2, 0.25) is 0 Å². The first-order chi connectivity index (χ1) is 13.2. The van der Waals surface area contributed by atoms with Crippen LogP contribution in [0.1, 0.15) is 61.9 Å². The Morgan fingerprint density at radius 2 is 2.07 bits per heavy atom. The first-order valence-electron chi connectivity index (χ1n) is 10.7. The molecule has 4 rings (SSSR count). The zero-order valence-electron chi connectivity index (χ0n) is 16.6. The van der Waals surface area contributed by atoms with Crippen LogP contribution in [0.3, 0.4) is 0 Å². The summed E-state index contributed by atoms with van der Waals surface area (Å²) >= 11 is 0. The maximum Gasteiger partial charge on any atom is 0.274 e. The largest absolute Gasteiger partial charge is 0.381 e. The lowest BCUT2D eigenvalue weighted by atomic mass is 9.78. The molecule has 2 aliphatic heterocycles. The van der Waals surface area contributed by atoms with Crippen molar-refractivity contribution in [2.75, 3.05) is 32.9 Å². The molecule has 6 heteroatoms. The predicted octanol–water partition coefficient (Wildman–Crippen LogP) is 3.03. The van der Waals surface area contributed by atoms with Crippen LogP contribution >= 0.6 is 0 Å². The second-order valence-corrected chi connectivity index (χ2v) is 8.58. The molecule has 3 heterocycles. The highest BCUT2D eigenvalue weighted by atomic mass is 16.5. The van der Waals surface area contributed by atoms with Crippen LogP contribution in [-0.4, -0.2) is 59.1 Å². The Kier molecular flexibility index (Phi) is 5.83. The van der Waals surface area contributed by atoms with Crippen LogP contribution in [0, 0.1) is 11.8 Å². The number of likely N-dealkylation sites (tertiary alicyclic amines) is 1. The normalized spacial score (nSPS) is 25.5. The number of aryl methyl sites for hydroxylation is 1. The Balaban J connectivity index is 1.25. The van der Waals surface area contributed by atoms with E-state index in [0.29, 0.717) is 11.6 Å². The van der Waals surface area contributed by atoms with Crippen molar-refractivity contribution < 1.29 is 14.3 Å². The Labute approximate surface area is 162 Å². The number of aromatic nitrogens is 2. The van der Waals surface area contributed by atoms with Gasteiger partial charge in [-0.1, -0.05) is 12.8 Å². The van der Waals surface area contributed by atoms with E-state index in [1.165, 1.54) is 25.7 Å².